The number of alkyl halides is 3. The fourth-order valence-corrected chi connectivity index (χ4v) is 3.63. The Bertz CT molecular complexity index is 518. The topological polar surface area (TPSA) is 24.5 Å². The predicted octanol–water partition coefficient (Wildman–Crippen LogP) is 3.58. The summed E-state index contributed by atoms with van der Waals surface area (Å²) < 4.78 is 41.6. The van der Waals surface area contributed by atoms with Crippen molar-refractivity contribution in [2.24, 2.45) is 5.41 Å². The lowest BCUT2D eigenvalue weighted by Crippen LogP contribution is -2.38. The van der Waals surface area contributed by atoms with Crippen molar-refractivity contribution < 1.29 is 17.9 Å². The Morgan fingerprint density at radius 1 is 1.13 bits per heavy atom. The zero-order valence-electron chi connectivity index (χ0n) is 12.9. The van der Waals surface area contributed by atoms with Gasteiger partial charge in [-0.05, 0) is 50.4 Å². The third-order valence-electron chi connectivity index (χ3n) is 4.77. The van der Waals surface area contributed by atoms with E-state index in [9.17, 15) is 13.2 Å². The minimum atomic E-state index is -4.64. The predicted molar refractivity (Wildman–Crippen MR) is 84.8 cm³/mol. The lowest BCUT2D eigenvalue weighted by Gasteiger charge is -2.34. The third kappa shape index (κ3) is 4.75. The van der Waals surface area contributed by atoms with Gasteiger partial charge in [0.15, 0.2) is 0 Å². The van der Waals surface area contributed by atoms with Crippen molar-refractivity contribution in [3.8, 4) is 5.75 Å². The van der Waals surface area contributed by atoms with Crippen LogP contribution in [0.1, 0.15) is 24.8 Å². The van der Waals surface area contributed by atoms with Gasteiger partial charge in [-0.15, -0.1) is 25.6 Å². The van der Waals surface area contributed by atoms with Gasteiger partial charge in [-0.1, -0.05) is 18.2 Å². The number of piperidine rings is 1. The van der Waals surface area contributed by atoms with Crippen LogP contribution in [0.3, 0.4) is 0 Å². The van der Waals surface area contributed by atoms with Crippen LogP contribution in [0.4, 0.5) is 13.2 Å². The average Bonchev–Trinajstić information content (AvgIpc) is 2.83. The first-order valence-corrected chi connectivity index (χ1v) is 7.73. The molecule has 0 unspecified atom stereocenters. The van der Waals surface area contributed by atoms with E-state index in [2.05, 4.69) is 15.0 Å². The summed E-state index contributed by atoms with van der Waals surface area (Å²) in [6.07, 6.45) is -1.19. The molecule has 2 saturated heterocycles. The van der Waals surface area contributed by atoms with Crippen molar-refractivity contribution in [2.45, 2.75) is 32.2 Å². The number of rotatable bonds is 3. The van der Waals surface area contributed by atoms with E-state index in [0.29, 0.717) is 17.5 Å². The van der Waals surface area contributed by atoms with Crippen molar-refractivity contribution in [3.05, 3.63) is 29.8 Å². The number of ether oxygens (including phenoxy) is 1. The lowest BCUT2D eigenvalue weighted by atomic mass is 9.78. The van der Waals surface area contributed by atoms with Crippen molar-refractivity contribution in [1.29, 1.82) is 0 Å². The molecule has 3 rings (SSSR count). The number of nitrogens with zero attached hydrogens (tertiary/aromatic N) is 1. The molecule has 2 heterocycles. The van der Waals surface area contributed by atoms with E-state index in [4.69, 9.17) is 0 Å². The minimum absolute atomic E-state index is 0. The first-order valence-electron chi connectivity index (χ1n) is 7.73. The number of benzene rings is 1. The number of hydrogen-bond acceptors (Lipinski definition) is 3. The van der Waals surface area contributed by atoms with Crippen LogP contribution in [0.2, 0.25) is 0 Å². The van der Waals surface area contributed by atoms with Crippen molar-refractivity contribution in [1.82, 2.24) is 10.2 Å². The van der Waals surface area contributed by atoms with E-state index >= 15 is 0 Å². The molecule has 1 aromatic rings. The Labute approximate surface area is 140 Å². The second-order valence-electron chi connectivity index (χ2n) is 6.37. The largest absolute Gasteiger partial charge is 0.573 e. The molecule has 0 amide bonds. The SMILES string of the molecule is Cl.FC(F)(F)Oc1ccccc1CN1CCC2(CCNCC2)C1. The van der Waals surface area contributed by atoms with Gasteiger partial charge in [-0.2, -0.15) is 0 Å². The quantitative estimate of drug-likeness (QED) is 0.901. The van der Waals surface area contributed by atoms with E-state index in [1.54, 1.807) is 18.2 Å². The van der Waals surface area contributed by atoms with Crippen LogP contribution in [0.25, 0.3) is 0 Å². The molecule has 0 aromatic heterocycles. The standard InChI is InChI=1S/C16H21F3N2O.ClH/c17-16(18,19)22-14-4-2-1-3-13(14)11-21-10-7-15(12-21)5-8-20-9-6-15;/h1-4,20H,5-12H2;1H. The number of likely N-dealkylation sites (tertiary alicyclic amines) is 1. The molecule has 0 bridgehead atoms. The molecule has 1 N–H and O–H groups in total. The van der Waals surface area contributed by atoms with Gasteiger partial charge in [0.1, 0.15) is 5.75 Å². The fraction of sp³-hybridized carbons (Fsp3) is 0.625. The van der Waals surface area contributed by atoms with E-state index in [0.717, 1.165) is 45.4 Å². The van der Waals surface area contributed by atoms with Gasteiger partial charge in [0, 0.05) is 18.7 Å². The molecule has 1 aromatic carbocycles. The van der Waals surface area contributed by atoms with Crippen LogP contribution in [0, 0.1) is 5.41 Å². The summed E-state index contributed by atoms with van der Waals surface area (Å²) in [4.78, 5) is 2.25. The fourth-order valence-electron chi connectivity index (χ4n) is 3.63. The molecule has 0 radical (unpaired) electrons. The average molecular weight is 351 g/mol. The first-order chi connectivity index (χ1) is 10.5. The molecule has 2 aliphatic heterocycles. The molecular weight excluding hydrogens is 329 g/mol. The van der Waals surface area contributed by atoms with E-state index in [1.165, 1.54) is 6.07 Å². The van der Waals surface area contributed by atoms with Gasteiger partial charge in [0.2, 0.25) is 0 Å². The molecular formula is C16H22ClF3N2O. The Hall–Kier alpha value is -0.980. The highest BCUT2D eigenvalue weighted by atomic mass is 35.5. The van der Waals surface area contributed by atoms with Crippen molar-refractivity contribution in [2.75, 3.05) is 26.2 Å². The second kappa shape index (κ2) is 7.28. The van der Waals surface area contributed by atoms with Gasteiger partial charge in [0.25, 0.3) is 0 Å². The monoisotopic (exact) mass is 350 g/mol. The highest BCUT2D eigenvalue weighted by Gasteiger charge is 2.39. The summed E-state index contributed by atoms with van der Waals surface area (Å²) in [7, 11) is 0. The van der Waals surface area contributed by atoms with Gasteiger partial charge in [0.05, 0.1) is 0 Å². The van der Waals surface area contributed by atoms with Gasteiger partial charge >= 0.3 is 6.36 Å². The number of hydrogen-bond donors (Lipinski definition) is 1. The molecule has 1 spiro atoms. The molecule has 3 nitrogen and oxygen atoms in total. The Morgan fingerprint density at radius 3 is 2.52 bits per heavy atom. The smallest absolute Gasteiger partial charge is 0.405 e. The van der Waals surface area contributed by atoms with Crippen LogP contribution >= 0.6 is 12.4 Å². The van der Waals surface area contributed by atoms with Gasteiger partial charge in [-0.25, -0.2) is 0 Å². The van der Waals surface area contributed by atoms with E-state index in [-0.39, 0.29) is 18.2 Å². The maximum Gasteiger partial charge on any atom is 0.573 e. The lowest BCUT2D eigenvalue weighted by molar-refractivity contribution is -0.275. The summed E-state index contributed by atoms with van der Waals surface area (Å²) in [5.74, 6) is -0.0822. The highest BCUT2D eigenvalue weighted by Crippen LogP contribution is 2.39. The molecule has 2 fully saturated rings. The van der Waals surface area contributed by atoms with Crippen molar-refractivity contribution >= 4 is 12.4 Å². The normalized spacial score (nSPS) is 21.2. The van der Waals surface area contributed by atoms with E-state index < -0.39 is 6.36 Å². The second-order valence-corrected chi connectivity index (χ2v) is 6.37. The maximum atomic E-state index is 12.5. The Morgan fingerprint density at radius 2 is 1.83 bits per heavy atom. The van der Waals surface area contributed by atoms with Crippen LogP contribution in [0.15, 0.2) is 24.3 Å². The first kappa shape index (κ1) is 18.4. The van der Waals surface area contributed by atoms with Crippen LogP contribution in [0.5, 0.6) is 5.75 Å². The van der Waals surface area contributed by atoms with Gasteiger partial charge in [-0.3, -0.25) is 4.90 Å². The molecule has 7 heteroatoms. The van der Waals surface area contributed by atoms with E-state index in [1.807, 2.05) is 0 Å². The third-order valence-corrected chi connectivity index (χ3v) is 4.77. The van der Waals surface area contributed by atoms with Gasteiger partial charge < -0.3 is 10.1 Å². The minimum Gasteiger partial charge on any atom is -0.405 e. The molecule has 23 heavy (non-hydrogen) atoms. The summed E-state index contributed by atoms with van der Waals surface area (Å²) >= 11 is 0. The summed E-state index contributed by atoms with van der Waals surface area (Å²) in [6.45, 7) is 4.51. The summed E-state index contributed by atoms with van der Waals surface area (Å²) in [6, 6.07) is 6.44. The molecule has 2 aliphatic rings. The molecule has 130 valence electrons. The van der Waals surface area contributed by atoms with Crippen LogP contribution in [-0.4, -0.2) is 37.4 Å². The zero-order chi connectivity index (χ0) is 15.6. The molecule has 0 saturated carbocycles. The van der Waals surface area contributed by atoms with Crippen LogP contribution in [-0.2, 0) is 6.54 Å². The number of halogens is 4. The Kier molecular flexibility index (Phi) is 5.81. The number of para-hydroxylation sites is 1. The number of nitrogens with one attached hydrogen (secondary N) is 1. The molecule has 0 atom stereocenters. The summed E-state index contributed by atoms with van der Waals surface area (Å²) in [5.41, 5.74) is 0.955. The van der Waals surface area contributed by atoms with Crippen molar-refractivity contribution in [3.63, 3.8) is 0 Å². The Balaban J connectivity index is 0.00000192. The highest BCUT2D eigenvalue weighted by molar-refractivity contribution is 5.85. The zero-order valence-corrected chi connectivity index (χ0v) is 13.7. The van der Waals surface area contributed by atoms with Crippen LogP contribution < -0.4 is 10.1 Å². The summed E-state index contributed by atoms with van der Waals surface area (Å²) in [5, 5.41) is 3.37. The molecule has 0 aliphatic carbocycles. The maximum absolute atomic E-state index is 12.5.